The lowest BCUT2D eigenvalue weighted by Crippen LogP contribution is -2.45. The summed E-state index contributed by atoms with van der Waals surface area (Å²) in [6.45, 7) is 3.27. The summed E-state index contributed by atoms with van der Waals surface area (Å²) in [6, 6.07) is 3.03. The van der Waals surface area contributed by atoms with Crippen molar-refractivity contribution in [1.29, 1.82) is 0 Å². The van der Waals surface area contributed by atoms with Gasteiger partial charge in [0.1, 0.15) is 5.69 Å². The summed E-state index contributed by atoms with van der Waals surface area (Å²) in [5, 5.41) is 11.7. The van der Waals surface area contributed by atoms with Gasteiger partial charge in [-0.05, 0) is 26.0 Å². The number of hydrogen-bond donors (Lipinski definition) is 2. The topological polar surface area (TPSA) is 79.3 Å². The Labute approximate surface area is 104 Å². The number of aliphatic carboxylic acids is 1. The number of carbonyl (C=O) groups is 2. The molecule has 5 nitrogen and oxygen atoms in total. The highest BCUT2D eigenvalue weighted by Crippen LogP contribution is 2.11. The molecule has 1 aromatic heterocycles. The van der Waals surface area contributed by atoms with Crippen molar-refractivity contribution in [3.8, 4) is 0 Å². The summed E-state index contributed by atoms with van der Waals surface area (Å²) >= 11 is 5.65. The largest absolute Gasteiger partial charge is 0.481 e. The minimum Gasteiger partial charge on any atom is -0.481 e. The van der Waals surface area contributed by atoms with Crippen LogP contribution in [0.1, 0.15) is 30.8 Å². The van der Waals surface area contributed by atoms with Gasteiger partial charge in [-0.25, -0.2) is 4.98 Å². The van der Waals surface area contributed by atoms with Gasteiger partial charge in [-0.15, -0.1) is 0 Å². The van der Waals surface area contributed by atoms with Gasteiger partial charge in [0.05, 0.1) is 11.4 Å². The molecule has 0 unspecified atom stereocenters. The van der Waals surface area contributed by atoms with E-state index in [9.17, 15) is 9.59 Å². The van der Waals surface area contributed by atoms with Crippen LogP contribution < -0.4 is 5.32 Å². The molecule has 92 valence electrons. The number of carboxylic acids is 1. The lowest BCUT2D eigenvalue weighted by molar-refractivity contribution is -0.138. The fourth-order valence-electron chi connectivity index (χ4n) is 1.30. The third-order valence-corrected chi connectivity index (χ3v) is 2.23. The van der Waals surface area contributed by atoms with Crippen molar-refractivity contribution < 1.29 is 14.7 Å². The summed E-state index contributed by atoms with van der Waals surface area (Å²) in [5.41, 5.74) is -0.627. The Bertz CT molecular complexity index is 429. The quantitative estimate of drug-likeness (QED) is 0.860. The first-order valence-electron chi connectivity index (χ1n) is 4.96. The van der Waals surface area contributed by atoms with Gasteiger partial charge in [-0.2, -0.15) is 0 Å². The van der Waals surface area contributed by atoms with Crippen molar-refractivity contribution in [2.24, 2.45) is 0 Å². The molecule has 0 fully saturated rings. The van der Waals surface area contributed by atoms with Crippen LogP contribution in [0, 0.1) is 0 Å². The van der Waals surface area contributed by atoms with Crippen molar-refractivity contribution >= 4 is 23.5 Å². The van der Waals surface area contributed by atoms with Crippen LogP contribution in [0.5, 0.6) is 0 Å². The Morgan fingerprint density at radius 1 is 1.47 bits per heavy atom. The molecule has 17 heavy (non-hydrogen) atoms. The molecular formula is C11H13ClN2O3. The monoisotopic (exact) mass is 256 g/mol. The van der Waals surface area contributed by atoms with Gasteiger partial charge < -0.3 is 10.4 Å². The first-order valence-corrected chi connectivity index (χ1v) is 5.34. The Morgan fingerprint density at radius 2 is 2.12 bits per heavy atom. The van der Waals surface area contributed by atoms with Crippen molar-refractivity contribution in [1.82, 2.24) is 10.3 Å². The molecule has 0 radical (unpaired) electrons. The SMILES string of the molecule is CC(C)(CC(=O)O)NC(=O)c1ccc(Cl)cn1. The molecule has 0 spiro atoms. The van der Waals surface area contributed by atoms with E-state index in [1.165, 1.54) is 12.3 Å². The predicted molar refractivity (Wildman–Crippen MR) is 63.0 cm³/mol. The van der Waals surface area contributed by atoms with Crippen LogP contribution in [0.25, 0.3) is 0 Å². The zero-order valence-corrected chi connectivity index (χ0v) is 10.3. The Kier molecular flexibility index (Phi) is 4.07. The minimum atomic E-state index is -0.973. The fourth-order valence-corrected chi connectivity index (χ4v) is 1.42. The van der Waals surface area contributed by atoms with Crippen molar-refractivity contribution in [2.75, 3.05) is 0 Å². The second kappa shape index (κ2) is 5.14. The zero-order chi connectivity index (χ0) is 13.1. The highest BCUT2D eigenvalue weighted by Gasteiger charge is 2.24. The van der Waals surface area contributed by atoms with E-state index in [2.05, 4.69) is 10.3 Å². The molecule has 2 N–H and O–H groups in total. The van der Waals surface area contributed by atoms with Crippen LogP contribution >= 0.6 is 11.6 Å². The highest BCUT2D eigenvalue weighted by molar-refractivity contribution is 6.30. The molecular weight excluding hydrogens is 244 g/mol. The first kappa shape index (κ1) is 13.4. The molecule has 1 rings (SSSR count). The van der Waals surface area contributed by atoms with Gasteiger partial charge in [0, 0.05) is 11.7 Å². The van der Waals surface area contributed by atoms with Gasteiger partial charge >= 0.3 is 5.97 Å². The first-order chi connectivity index (χ1) is 7.80. The van der Waals surface area contributed by atoms with Gasteiger partial charge in [-0.1, -0.05) is 11.6 Å². The van der Waals surface area contributed by atoms with Crippen LogP contribution in [-0.4, -0.2) is 27.5 Å². The number of amides is 1. The number of nitrogens with one attached hydrogen (secondary N) is 1. The Balaban J connectivity index is 2.72. The molecule has 6 heteroatoms. The second-order valence-electron chi connectivity index (χ2n) is 4.27. The number of halogens is 1. The predicted octanol–water partition coefficient (Wildman–Crippen LogP) is 1.72. The van der Waals surface area contributed by atoms with Crippen LogP contribution in [0.4, 0.5) is 0 Å². The van der Waals surface area contributed by atoms with Crippen LogP contribution in [0.15, 0.2) is 18.3 Å². The van der Waals surface area contributed by atoms with E-state index in [-0.39, 0.29) is 12.1 Å². The molecule has 0 aromatic carbocycles. The van der Waals surface area contributed by atoms with Crippen LogP contribution in [-0.2, 0) is 4.79 Å². The van der Waals surface area contributed by atoms with E-state index in [0.717, 1.165) is 0 Å². The van der Waals surface area contributed by atoms with E-state index in [0.29, 0.717) is 5.02 Å². The van der Waals surface area contributed by atoms with E-state index in [4.69, 9.17) is 16.7 Å². The summed E-state index contributed by atoms with van der Waals surface area (Å²) in [6.07, 6.45) is 1.20. The summed E-state index contributed by atoms with van der Waals surface area (Å²) in [5.74, 6) is -1.40. The molecule has 0 aliphatic heterocycles. The highest BCUT2D eigenvalue weighted by atomic mass is 35.5. The number of aromatic nitrogens is 1. The molecule has 0 saturated carbocycles. The Hall–Kier alpha value is -1.62. The number of nitrogens with zero attached hydrogens (tertiary/aromatic N) is 1. The summed E-state index contributed by atoms with van der Waals surface area (Å²) in [4.78, 5) is 26.2. The molecule has 1 aromatic rings. The van der Waals surface area contributed by atoms with Crippen LogP contribution in [0.3, 0.4) is 0 Å². The van der Waals surface area contributed by atoms with Gasteiger partial charge in [0.25, 0.3) is 5.91 Å². The van der Waals surface area contributed by atoms with Crippen molar-refractivity contribution in [2.45, 2.75) is 25.8 Å². The average Bonchev–Trinajstić information content (AvgIpc) is 2.15. The third-order valence-electron chi connectivity index (χ3n) is 2.01. The molecule has 0 saturated heterocycles. The molecule has 0 aliphatic rings. The Morgan fingerprint density at radius 3 is 2.59 bits per heavy atom. The number of carboxylic acid groups (broad SMARTS) is 1. The third kappa shape index (κ3) is 4.40. The van der Waals surface area contributed by atoms with E-state index < -0.39 is 17.4 Å². The van der Waals surface area contributed by atoms with E-state index in [1.54, 1.807) is 19.9 Å². The average molecular weight is 257 g/mol. The normalized spacial score (nSPS) is 11.0. The van der Waals surface area contributed by atoms with E-state index >= 15 is 0 Å². The van der Waals surface area contributed by atoms with Gasteiger partial charge in [0.2, 0.25) is 0 Å². The second-order valence-corrected chi connectivity index (χ2v) is 4.71. The molecule has 0 bridgehead atoms. The fraction of sp³-hybridized carbons (Fsp3) is 0.364. The zero-order valence-electron chi connectivity index (χ0n) is 9.53. The molecule has 1 amide bonds. The van der Waals surface area contributed by atoms with Crippen molar-refractivity contribution in [3.05, 3.63) is 29.0 Å². The maximum atomic E-state index is 11.7. The van der Waals surface area contributed by atoms with Gasteiger partial charge in [0.15, 0.2) is 0 Å². The number of hydrogen-bond acceptors (Lipinski definition) is 3. The van der Waals surface area contributed by atoms with Crippen molar-refractivity contribution in [3.63, 3.8) is 0 Å². The number of rotatable bonds is 4. The lowest BCUT2D eigenvalue weighted by atomic mass is 10.0. The maximum Gasteiger partial charge on any atom is 0.305 e. The van der Waals surface area contributed by atoms with Crippen LogP contribution in [0.2, 0.25) is 5.02 Å². The standard InChI is InChI=1S/C11H13ClN2O3/c1-11(2,5-9(15)16)14-10(17)8-4-3-7(12)6-13-8/h3-4,6H,5H2,1-2H3,(H,14,17)(H,15,16). The molecule has 1 heterocycles. The maximum absolute atomic E-state index is 11.7. The minimum absolute atomic E-state index is 0.160. The summed E-state index contributed by atoms with van der Waals surface area (Å²) < 4.78 is 0. The number of carbonyl (C=O) groups excluding carboxylic acids is 1. The van der Waals surface area contributed by atoms with E-state index in [1.807, 2.05) is 0 Å². The van der Waals surface area contributed by atoms with Gasteiger partial charge in [-0.3, -0.25) is 9.59 Å². The molecule has 0 atom stereocenters. The molecule has 0 aliphatic carbocycles. The lowest BCUT2D eigenvalue weighted by Gasteiger charge is -2.23. The smallest absolute Gasteiger partial charge is 0.305 e. The number of pyridine rings is 1. The summed E-state index contributed by atoms with van der Waals surface area (Å²) in [7, 11) is 0.